The van der Waals surface area contributed by atoms with Gasteiger partial charge in [-0.15, -0.1) is 0 Å². The highest BCUT2D eigenvalue weighted by atomic mass is 28.2. The first kappa shape index (κ1) is 32.9. The minimum atomic E-state index is -0.0315. The average Bonchev–Trinajstić information content (AvgIpc) is 3.54. The van der Waals surface area contributed by atoms with Gasteiger partial charge in [0, 0.05) is 34.1 Å². The molecule has 0 unspecified atom stereocenters. The molecule has 0 N–H and O–H groups in total. The van der Waals surface area contributed by atoms with E-state index in [9.17, 15) is 0 Å². The molecule has 5 aromatic rings. The minimum absolute atomic E-state index is 0.0315. The molecule has 51 heavy (non-hydrogen) atoms. The Labute approximate surface area is 309 Å². The number of hydrogen-bond donors (Lipinski definition) is 0. The van der Waals surface area contributed by atoms with Gasteiger partial charge in [0.2, 0.25) is 0 Å². The monoisotopic (exact) mass is 682 g/mol. The molecule has 0 bridgehead atoms. The first-order chi connectivity index (χ1) is 24.1. The summed E-state index contributed by atoms with van der Waals surface area (Å²) in [6.45, 7) is 24.0. The molecule has 0 spiro atoms. The predicted molar refractivity (Wildman–Crippen MR) is 222 cm³/mol. The predicted octanol–water partition coefficient (Wildman–Crippen LogP) is 9.31. The second-order valence-corrected chi connectivity index (χ2v) is 19.8. The summed E-state index contributed by atoms with van der Waals surface area (Å²) in [6, 6.07) is 31.8. The van der Waals surface area contributed by atoms with Crippen molar-refractivity contribution in [3.05, 3.63) is 118 Å². The molecule has 0 amide bonds. The maximum absolute atomic E-state index is 2.68. The highest BCUT2D eigenvalue weighted by Gasteiger charge is 2.46. The van der Waals surface area contributed by atoms with Crippen LogP contribution in [-0.4, -0.2) is 16.2 Å². The van der Waals surface area contributed by atoms with Crippen LogP contribution in [0.4, 0.5) is 34.1 Å². The van der Waals surface area contributed by atoms with Crippen molar-refractivity contribution < 1.29 is 0 Å². The van der Waals surface area contributed by atoms with Gasteiger partial charge in [-0.1, -0.05) is 103 Å². The Balaban J connectivity index is 1.44. The topological polar surface area (TPSA) is 6.48 Å². The van der Waals surface area contributed by atoms with E-state index < -0.39 is 0 Å². The van der Waals surface area contributed by atoms with Crippen molar-refractivity contribution in [2.24, 2.45) is 10.8 Å². The van der Waals surface area contributed by atoms with Crippen LogP contribution in [0.15, 0.2) is 78.9 Å². The lowest BCUT2D eigenvalue weighted by Crippen LogP contribution is -2.61. The van der Waals surface area contributed by atoms with Crippen molar-refractivity contribution in [3.63, 3.8) is 0 Å². The molecule has 0 saturated heterocycles. The molecule has 0 fully saturated rings. The third-order valence-corrected chi connectivity index (χ3v) is 13.2. The highest BCUT2D eigenvalue weighted by Crippen LogP contribution is 2.49. The van der Waals surface area contributed by atoms with Gasteiger partial charge < -0.3 is 9.80 Å². The zero-order valence-corrected chi connectivity index (χ0v) is 33.3. The lowest BCUT2D eigenvalue weighted by atomic mass is 9.33. The number of benzene rings is 5. The largest absolute Gasteiger partial charge is 0.311 e. The summed E-state index contributed by atoms with van der Waals surface area (Å²) in [5, 5.41) is 1.41. The van der Waals surface area contributed by atoms with E-state index in [1.807, 2.05) is 0 Å². The molecule has 2 heterocycles. The molecule has 9 rings (SSSR count). The molecule has 256 valence electrons. The molecular weight excluding hydrogens is 631 g/mol. The number of para-hydroxylation sites is 1. The van der Waals surface area contributed by atoms with Crippen molar-refractivity contribution in [1.29, 1.82) is 0 Å². The standard InChI is InChI=1S/C47H51BN2Si/c1-28-13-11-12-14-38(28)49-40-19-32-26-46(6,7)24-30(32)17-36(40)48-37-18-31-25-47(8,9)27-33(31)20-41(37)50(39-23-35(51-10)16-15-29(39)2)43-22-34(45(3,4)5)21-42(49)44(43)48/h11-23H,24-27H2,1-10H3. The first-order valence-electron chi connectivity index (χ1n) is 19.1. The Bertz CT molecular complexity index is 2290. The van der Waals surface area contributed by atoms with Crippen LogP contribution < -0.4 is 31.4 Å². The van der Waals surface area contributed by atoms with Crippen LogP contribution in [-0.2, 0) is 31.1 Å². The minimum Gasteiger partial charge on any atom is -0.311 e. The van der Waals surface area contributed by atoms with E-state index in [1.165, 1.54) is 83.5 Å². The van der Waals surface area contributed by atoms with Crippen LogP contribution in [0.2, 0.25) is 6.55 Å². The van der Waals surface area contributed by atoms with E-state index in [1.54, 1.807) is 11.1 Å². The first-order valence-corrected chi connectivity index (χ1v) is 20.6. The molecule has 5 aromatic carbocycles. The fraction of sp³-hybridized carbons (Fsp3) is 0.362. The summed E-state index contributed by atoms with van der Waals surface area (Å²) in [4.78, 5) is 5.33. The van der Waals surface area contributed by atoms with E-state index in [0.717, 1.165) is 35.2 Å². The lowest BCUT2D eigenvalue weighted by Gasteiger charge is -2.46. The number of rotatable bonds is 3. The molecule has 2 aliphatic carbocycles. The Morgan fingerprint density at radius 3 is 1.57 bits per heavy atom. The second kappa shape index (κ2) is 11.0. The number of fused-ring (bicyclic) bond motifs is 6. The average molecular weight is 683 g/mol. The van der Waals surface area contributed by atoms with Crippen molar-refractivity contribution in [2.45, 2.75) is 100.0 Å². The Morgan fingerprint density at radius 2 is 1.06 bits per heavy atom. The lowest BCUT2D eigenvalue weighted by molar-refractivity contribution is 0.392. The van der Waals surface area contributed by atoms with Crippen molar-refractivity contribution >= 4 is 71.9 Å². The summed E-state index contributed by atoms with van der Waals surface area (Å²) in [5.74, 6) is 0. The summed E-state index contributed by atoms with van der Waals surface area (Å²) in [6.07, 6.45) is 4.53. The Kier molecular flexibility index (Phi) is 7.09. The summed E-state index contributed by atoms with van der Waals surface area (Å²) < 4.78 is 0. The van der Waals surface area contributed by atoms with E-state index in [-0.39, 0.29) is 23.0 Å². The SMILES string of the molecule is C[Si]c1ccc(C)c(N2c3cc4c(cc3B3c5cc6c(cc5N(c5ccccc5C)c5cc(C(C)(C)C)cc2c53)CC(C)(C)C6)CC(C)(C)C4)c1. The molecule has 0 aromatic heterocycles. The molecular formula is C47H51BN2Si. The van der Waals surface area contributed by atoms with E-state index in [4.69, 9.17) is 0 Å². The molecule has 2 nitrogen and oxygen atoms in total. The van der Waals surface area contributed by atoms with Gasteiger partial charge in [-0.3, -0.25) is 0 Å². The molecule has 0 atom stereocenters. The fourth-order valence-corrected chi connectivity index (χ4v) is 10.4. The maximum Gasteiger partial charge on any atom is 0.252 e. The van der Waals surface area contributed by atoms with Crippen LogP contribution in [0.25, 0.3) is 0 Å². The number of aryl methyl sites for hydroxylation is 2. The van der Waals surface area contributed by atoms with Gasteiger partial charge >= 0.3 is 0 Å². The van der Waals surface area contributed by atoms with Crippen LogP contribution >= 0.6 is 0 Å². The summed E-state index contributed by atoms with van der Waals surface area (Å²) in [5.41, 5.74) is 23.0. The van der Waals surface area contributed by atoms with E-state index in [2.05, 4.69) is 158 Å². The third-order valence-electron chi connectivity index (χ3n) is 12.3. The van der Waals surface area contributed by atoms with E-state index in [0.29, 0.717) is 0 Å². The maximum atomic E-state index is 2.68. The van der Waals surface area contributed by atoms with Crippen molar-refractivity contribution in [1.82, 2.24) is 0 Å². The van der Waals surface area contributed by atoms with Gasteiger partial charge in [0.1, 0.15) is 0 Å². The van der Waals surface area contributed by atoms with Gasteiger partial charge in [-0.25, -0.2) is 0 Å². The summed E-state index contributed by atoms with van der Waals surface area (Å²) in [7, 11) is 0.748. The second-order valence-electron chi connectivity index (χ2n) is 18.7. The number of hydrogen-bond acceptors (Lipinski definition) is 2. The molecule has 0 saturated carbocycles. The summed E-state index contributed by atoms with van der Waals surface area (Å²) >= 11 is 0. The van der Waals surface area contributed by atoms with Crippen molar-refractivity contribution in [2.75, 3.05) is 9.80 Å². The van der Waals surface area contributed by atoms with Crippen LogP contribution in [0.5, 0.6) is 0 Å². The zero-order valence-electron chi connectivity index (χ0n) is 32.3. The van der Waals surface area contributed by atoms with Gasteiger partial charge in [0.15, 0.2) is 0 Å². The van der Waals surface area contributed by atoms with E-state index >= 15 is 0 Å². The highest BCUT2D eigenvalue weighted by molar-refractivity contribution is 7.00. The fourth-order valence-electron chi connectivity index (χ4n) is 9.89. The molecule has 4 heteroatoms. The smallest absolute Gasteiger partial charge is 0.252 e. The van der Waals surface area contributed by atoms with Gasteiger partial charge in [0.05, 0.1) is 9.52 Å². The van der Waals surface area contributed by atoms with Crippen LogP contribution in [0, 0.1) is 24.7 Å². The number of anilines is 6. The Hall–Kier alpha value is -4.02. The van der Waals surface area contributed by atoms with Gasteiger partial charge in [-0.05, 0) is 148 Å². The normalized spacial score (nSPS) is 17.6. The zero-order chi connectivity index (χ0) is 35.8. The quantitative estimate of drug-likeness (QED) is 0.172. The molecule has 2 aliphatic heterocycles. The van der Waals surface area contributed by atoms with Gasteiger partial charge in [-0.2, -0.15) is 0 Å². The molecule has 4 aliphatic rings. The third kappa shape index (κ3) is 5.11. The van der Waals surface area contributed by atoms with Crippen LogP contribution in [0.1, 0.15) is 87.4 Å². The Morgan fingerprint density at radius 1 is 0.569 bits per heavy atom. The van der Waals surface area contributed by atoms with Crippen LogP contribution in [0.3, 0.4) is 0 Å². The molecule has 2 radical (unpaired) electrons. The van der Waals surface area contributed by atoms with Crippen molar-refractivity contribution in [3.8, 4) is 0 Å². The van der Waals surface area contributed by atoms with Gasteiger partial charge in [0.25, 0.3) is 6.71 Å². The number of nitrogens with zero attached hydrogens (tertiary/aromatic N) is 2.